The first-order chi connectivity index (χ1) is 8.28. The van der Waals surface area contributed by atoms with Crippen LogP contribution in [0.25, 0.3) is 0 Å². The second-order valence-corrected chi connectivity index (χ2v) is 5.81. The Morgan fingerprint density at radius 3 is 2.41 bits per heavy atom. The van der Waals surface area contributed by atoms with E-state index in [4.69, 9.17) is 5.73 Å². The van der Waals surface area contributed by atoms with Gasteiger partial charge in [-0.05, 0) is 43.1 Å². The van der Waals surface area contributed by atoms with Crippen molar-refractivity contribution in [3.05, 3.63) is 35.9 Å². The zero-order valence-electron chi connectivity index (χ0n) is 10.4. The Hall–Kier alpha value is -0.860. The van der Waals surface area contributed by atoms with Crippen molar-refractivity contribution in [3.8, 4) is 0 Å². The van der Waals surface area contributed by atoms with E-state index in [1.54, 1.807) is 0 Å². The van der Waals surface area contributed by atoms with Crippen LogP contribution in [0.3, 0.4) is 0 Å². The Kier molecular flexibility index (Phi) is 2.93. The first kappa shape index (κ1) is 11.2. The molecule has 17 heavy (non-hydrogen) atoms. The summed E-state index contributed by atoms with van der Waals surface area (Å²) in [6.07, 6.45) is 6.56. The van der Waals surface area contributed by atoms with Crippen LogP contribution in [0.4, 0.5) is 0 Å². The number of hydrogen-bond acceptors (Lipinski definition) is 2. The van der Waals surface area contributed by atoms with E-state index in [2.05, 4.69) is 35.6 Å². The molecule has 0 amide bonds. The number of benzene rings is 1. The van der Waals surface area contributed by atoms with Gasteiger partial charge in [0.15, 0.2) is 0 Å². The molecule has 0 saturated heterocycles. The third-order valence-electron chi connectivity index (χ3n) is 4.67. The summed E-state index contributed by atoms with van der Waals surface area (Å²) in [4.78, 5) is 0. The fourth-order valence-corrected chi connectivity index (χ4v) is 3.21. The molecule has 2 heteroatoms. The van der Waals surface area contributed by atoms with Crippen LogP contribution in [0.15, 0.2) is 30.3 Å². The van der Waals surface area contributed by atoms with Crippen molar-refractivity contribution < 1.29 is 0 Å². The van der Waals surface area contributed by atoms with Crippen molar-refractivity contribution in [1.29, 1.82) is 0 Å². The molecular formula is C15H22N2. The highest BCUT2D eigenvalue weighted by Crippen LogP contribution is 2.54. The van der Waals surface area contributed by atoms with Crippen molar-refractivity contribution in [1.82, 2.24) is 5.32 Å². The molecule has 0 radical (unpaired) electrons. The molecular weight excluding hydrogens is 208 g/mol. The molecule has 0 aliphatic heterocycles. The quantitative estimate of drug-likeness (QED) is 0.837. The predicted molar refractivity (Wildman–Crippen MR) is 70.6 cm³/mol. The monoisotopic (exact) mass is 230 g/mol. The molecule has 2 aliphatic rings. The van der Waals surface area contributed by atoms with Crippen LogP contribution in [-0.2, 0) is 6.54 Å². The van der Waals surface area contributed by atoms with Crippen LogP contribution in [0.1, 0.15) is 37.7 Å². The summed E-state index contributed by atoms with van der Waals surface area (Å²) < 4.78 is 0. The molecule has 2 saturated carbocycles. The minimum atomic E-state index is 0.512. The summed E-state index contributed by atoms with van der Waals surface area (Å²) >= 11 is 0. The molecule has 0 aromatic heterocycles. The molecule has 1 unspecified atom stereocenters. The molecule has 1 spiro atoms. The summed E-state index contributed by atoms with van der Waals surface area (Å²) in [6.45, 7) is 1.00. The molecule has 0 heterocycles. The minimum absolute atomic E-state index is 0.512. The second kappa shape index (κ2) is 4.43. The Bertz CT molecular complexity index is 366. The van der Waals surface area contributed by atoms with Crippen molar-refractivity contribution >= 4 is 0 Å². The molecule has 92 valence electrons. The van der Waals surface area contributed by atoms with Crippen molar-refractivity contribution in [3.63, 3.8) is 0 Å². The van der Waals surface area contributed by atoms with Gasteiger partial charge in [0.1, 0.15) is 0 Å². The van der Waals surface area contributed by atoms with Crippen LogP contribution in [0, 0.1) is 5.41 Å². The average Bonchev–Trinajstić information content (AvgIpc) is 3.00. The number of hydrogen-bond donors (Lipinski definition) is 2. The van der Waals surface area contributed by atoms with Gasteiger partial charge < -0.3 is 11.1 Å². The van der Waals surface area contributed by atoms with E-state index >= 15 is 0 Å². The second-order valence-electron chi connectivity index (χ2n) is 5.81. The highest BCUT2D eigenvalue weighted by atomic mass is 14.9. The van der Waals surface area contributed by atoms with E-state index in [1.165, 1.54) is 37.7 Å². The fourth-order valence-electron chi connectivity index (χ4n) is 3.21. The van der Waals surface area contributed by atoms with Crippen LogP contribution >= 0.6 is 0 Å². The van der Waals surface area contributed by atoms with Gasteiger partial charge in [-0.25, -0.2) is 0 Å². The van der Waals surface area contributed by atoms with Gasteiger partial charge in [-0.1, -0.05) is 30.3 Å². The lowest BCUT2D eigenvalue weighted by molar-refractivity contribution is 0.267. The Morgan fingerprint density at radius 1 is 1.18 bits per heavy atom. The first-order valence-corrected chi connectivity index (χ1v) is 6.81. The molecule has 2 nitrogen and oxygen atoms in total. The van der Waals surface area contributed by atoms with Gasteiger partial charge in [-0.3, -0.25) is 0 Å². The van der Waals surface area contributed by atoms with E-state index in [0.29, 0.717) is 17.5 Å². The average molecular weight is 230 g/mol. The number of nitrogens with one attached hydrogen (secondary N) is 1. The largest absolute Gasteiger partial charge is 0.327 e. The van der Waals surface area contributed by atoms with Gasteiger partial charge in [-0.2, -0.15) is 0 Å². The van der Waals surface area contributed by atoms with Crippen LogP contribution < -0.4 is 11.1 Å². The van der Waals surface area contributed by atoms with Crippen molar-refractivity contribution in [2.45, 2.75) is 50.7 Å². The number of nitrogens with two attached hydrogens (primary N) is 1. The number of rotatable bonds is 3. The van der Waals surface area contributed by atoms with E-state index in [1.807, 2.05) is 0 Å². The molecule has 1 aromatic rings. The zero-order chi connectivity index (χ0) is 11.7. The third kappa shape index (κ3) is 2.38. The fraction of sp³-hybridized carbons (Fsp3) is 0.600. The van der Waals surface area contributed by atoms with E-state index in [0.717, 1.165) is 6.54 Å². The Labute approximate surface area is 104 Å². The lowest BCUT2D eigenvalue weighted by atomic mass is 9.83. The predicted octanol–water partition coefficient (Wildman–Crippen LogP) is 2.44. The van der Waals surface area contributed by atoms with Crippen LogP contribution in [0.2, 0.25) is 0 Å². The Morgan fingerprint density at radius 2 is 1.82 bits per heavy atom. The molecule has 3 N–H and O–H groups in total. The van der Waals surface area contributed by atoms with Crippen molar-refractivity contribution in [2.24, 2.45) is 11.1 Å². The smallest absolute Gasteiger partial charge is 0.0208 e. The van der Waals surface area contributed by atoms with Gasteiger partial charge in [0, 0.05) is 18.6 Å². The van der Waals surface area contributed by atoms with Gasteiger partial charge in [-0.15, -0.1) is 0 Å². The van der Waals surface area contributed by atoms with Gasteiger partial charge in [0.05, 0.1) is 0 Å². The molecule has 1 aromatic carbocycles. The third-order valence-corrected chi connectivity index (χ3v) is 4.67. The normalized spacial score (nSPS) is 36.1. The first-order valence-electron chi connectivity index (χ1n) is 6.81. The van der Waals surface area contributed by atoms with E-state index in [-0.39, 0.29) is 0 Å². The molecule has 1 atom stereocenters. The van der Waals surface area contributed by atoms with Gasteiger partial charge >= 0.3 is 0 Å². The van der Waals surface area contributed by atoms with E-state index < -0.39 is 0 Å². The lowest BCUT2D eigenvalue weighted by Crippen LogP contribution is -2.34. The summed E-state index contributed by atoms with van der Waals surface area (Å²) in [5.74, 6) is 0. The van der Waals surface area contributed by atoms with Crippen LogP contribution in [-0.4, -0.2) is 12.1 Å². The Balaban J connectivity index is 1.45. The zero-order valence-corrected chi connectivity index (χ0v) is 10.4. The summed E-state index contributed by atoms with van der Waals surface area (Å²) in [7, 11) is 0. The van der Waals surface area contributed by atoms with Crippen molar-refractivity contribution in [2.75, 3.05) is 0 Å². The highest BCUT2D eigenvalue weighted by molar-refractivity contribution is 5.14. The summed E-state index contributed by atoms with van der Waals surface area (Å²) in [5.41, 5.74) is 7.97. The lowest BCUT2D eigenvalue weighted by Gasteiger charge is -2.29. The topological polar surface area (TPSA) is 38.0 Å². The highest BCUT2D eigenvalue weighted by Gasteiger charge is 2.52. The minimum Gasteiger partial charge on any atom is -0.327 e. The maximum atomic E-state index is 6.02. The molecule has 3 rings (SSSR count). The summed E-state index contributed by atoms with van der Waals surface area (Å²) in [6, 6.07) is 11.9. The maximum absolute atomic E-state index is 6.02. The van der Waals surface area contributed by atoms with Gasteiger partial charge in [0.25, 0.3) is 0 Å². The van der Waals surface area contributed by atoms with Crippen LogP contribution in [0.5, 0.6) is 0 Å². The molecule has 2 aliphatic carbocycles. The SMILES string of the molecule is NC1CC12CCC(NCc1ccccc1)CC2. The van der Waals surface area contributed by atoms with Gasteiger partial charge in [0.2, 0.25) is 0 Å². The molecule has 2 fully saturated rings. The van der Waals surface area contributed by atoms with E-state index in [9.17, 15) is 0 Å². The maximum Gasteiger partial charge on any atom is 0.0208 e. The molecule has 0 bridgehead atoms. The summed E-state index contributed by atoms with van der Waals surface area (Å²) in [5, 5.41) is 3.68. The standard InChI is InChI=1S/C15H22N2/c16-14-10-15(14)8-6-13(7-9-15)17-11-12-4-2-1-3-5-12/h1-5,13-14,17H,6-11,16H2.